The van der Waals surface area contributed by atoms with Crippen molar-refractivity contribution in [2.75, 3.05) is 0 Å². The minimum absolute atomic E-state index is 0.504. The molecule has 1 aromatic carbocycles. The maximum Gasteiger partial charge on any atom is 0.0580 e. The number of fused-ring (bicyclic) bond motifs is 1. The first-order valence-corrected chi connectivity index (χ1v) is 8.84. The summed E-state index contributed by atoms with van der Waals surface area (Å²) < 4.78 is 3.53. The highest BCUT2D eigenvalue weighted by Gasteiger charge is 2.08. The summed E-state index contributed by atoms with van der Waals surface area (Å²) in [6, 6.07) is 11.4. The summed E-state index contributed by atoms with van der Waals surface area (Å²) in [6.45, 7) is 6.20. The molecule has 0 saturated carbocycles. The summed E-state index contributed by atoms with van der Waals surface area (Å²) in [7, 11) is 0. The van der Waals surface area contributed by atoms with Gasteiger partial charge in [0.15, 0.2) is 0 Å². The summed E-state index contributed by atoms with van der Waals surface area (Å²) in [4.78, 5) is 1.36. The third-order valence-corrected chi connectivity index (χ3v) is 5.52. The van der Waals surface area contributed by atoms with Gasteiger partial charge < -0.3 is 9.88 Å². The quantitative estimate of drug-likeness (QED) is 0.674. The lowest BCUT2D eigenvalue weighted by molar-refractivity contribution is 0.590. The first kappa shape index (κ1) is 14.8. The van der Waals surface area contributed by atoms with Crippen molar-refractivity contribution in [1.82, 2.24) is 9.88 Å². The van der Waals surface area contributed by atoms with Gasteiger partial charge >= 0.3 is 0 Å². The van der Waals surface area contributed by atoms with Gasteiger partial charge in [0.1, 0.15) is 0 Å². The molecule has 2 nitrogen and oxygen atoms in total. The minimum atomic E-state index is 0.504. The Hall–Kier alpha value is -1.10. The zero-order chi connectivity index (χ0) is 14.8. The van der Waals surface area contributed by atoms with Crippen molar-refractivity contribution >= 4 is 38.2 Å². The summed E-state index contributed by atoms with van der Waals surface area (Å²) in [6.07, 6.45) is 2.19. The fraction of sp³-hybridized carbons (Fsp3) is 0.294. The molecule has 2 aromatic heterocycles. The zero-order valence-corrected chi connectivity index (χ0v) is 14.7. The first-order chi connectivity index (χ1) is 10.1. The van der Waals surface area contributed by atoms with Gasteiger partial charge in [-0.25, -0.2) is 0 Å². The van der Waals surface area contributed by atoms with Gasteiger partial charge in [-0.05, 0) is 45.1 Å². The second-order valence-corrected chi connectivity index (χ2v) is 7.38. The fourth-order valence-corrected chi connectivity index (χ4v) is 3.96. The van der Waals surface area contributed by atoms with E-state index in [-0.39, 0.29) is 0 Å². The van der Waals surface area contributed by atoms with E-state index in [9.17, 15) is 0 Å². The normalized spacial score (nSPS) is 11.6. The number of hydrogen-bond acceptors (Lipinski definition) is 2. The Morgan fingerprint density at radius 1 is 1.24 bits per heavy atom. The molecule has 110 valence electrons. The average Bonchev–Trinajstić information content (AvgIpc) is 3.05. The molecule has 21 heavy (non-hydrogen) atoms. The molecule has 1 N–H and O–H groups in total. The van der Waals surface area contributed by atoms with Crippen molar-refractivity contribution in [3.8, 4) is 0 Å². The van der Waals surface area contributed by atoms with Crippen molar-refractivity contribution in [3.63, 3.8) is 0 Å². The Labute approximate surface area is 137 Å². The van der Waals surface area contributed by atoms with Crippen molar-refractivity contribution in [1.29, 1.82) is 0 Å². The number of thiophene rings is 1. The third kappa shape index (κ3) is 3.23. The van der Waals surface area contributed by atoms with E-state index in [1.54, 1.807) is 11.3 Å². The first-order valence-electron chi connectivity index (χ1n) is 7.17. The van der Waals surface area contributed by atoms with Gasteiger partial charge in [0.25, 0.3) is 0 Å². The van der Waals surface area contributed by atoms with Crippen LogP contribution in [0.4, 0.5) is 0 Å². The van der Waals surface area contributed by atoms with Crippen LogP contribution in [-0.4, -0.2) is 10.6 Å². The van der Waals surface area contributed by atoms with E-state index in [4.69, 9.17) is 0 Å². The molecule has 0 bridgehead atoms. The topological polar surface area (TPSA) is 17.0 Å². The highest BCUT2D eigenvalue weighted by Crippen LogP contribution is 2.26. The Bertz CT molecular complexity index is 742. The molecule has 2 heterocycles. The number of benzene rings is 1. The average molecular weight is 363 g/mol. The molecule has 0 radical (unpaired) electrons. The maximum absolute atomic E-state index is 3.62. The van der Waals surface area contributed by atoms with E-state index in [0.717, 1.165) is 13.1 Å². The van der Waals surface area contributed by atoms with Crippen LogP contribution in [0, 0.1) is 0 Å². The van der Waals surface area contributed by atoms with E-state index in [1.807, 2.05) is 0 Å². The van der Waals surface area contributed by atoms with Gasteiger partial charge in [-0.1, -0.05) is 26.0 Å². The van der Waals surface area contributed by atoms with Gasteiger partial charge in [-0.15, -0.1) is 11.3 Å². The van der Waals surface area contributed by atoms with E-state index < -0.39 is 0 Å². The standard InChI is InChI=1S/C17H19BrN2S/c1-12(2)19-10-13-4-3-5-16-14(13)6-8-20(16)11-17-15(18)7-9-21-17/h3-9,12,19H,10-11H2,1-2H3. The lowest BCUT2D eigenvalue weighted by Crippen LogP contribution is -2.21. The molecule has 3 rings (SSSR count). The van der Waals surface area contributed by atoms with Crippen LogP contribution in [0.25, 0.3) is 10.9 Å². The molecule has 0 fully saturated rings. The third-order valence-electron chi connectivity index (χ3n) is 3.61. The highest BCUT2D eigenvalue weighted by atomic mass is 79.9. The number of halogens is 1. The van der Waals surface area contributed by atoms with E-state index in [1.165, 1.54) is 25.8 Å². The molecule has 3 aromatic rings. The smallest absolute Gasteiger partial charge is 0.0580 e. The second kappa shape index (κ2) is 6.34. The van der Waals surface area contributed by atoms with Crippen LogP contribution in [-0.2, 0) is 13.1 Å². The van der Waals surface area contributed by atoms with Crippen LogP contribution in [0.3, 0.4) is 0 Å². The summed E-state index contributed by atoms with van der Waals surface area (Å²) in [5.41, 5.74) is 2.67. The predicted molar refractivity (Wildman–Crippen MR) is 95.0 cm³/mol. The molecular formula is C17H19BrN2S. The van der Waals surface area contributed by atoms with Crippen LogP contribution in [0.15, 0.2) is 46.4 Å². The molecule has 0 spiro atoms. The van der Waals surface area contributed by atoms with Crippen LogP contribution < -0.4 is 5.32 Å². The SMILES string of the molecule is CC(C)NCc1cccc2c1ccn2Cc1sccc1Br. The van der Waals surface area contributed by atoms with Crippen molar-refractivity contribution in [3.05, 3.63) is 56.8 Å². The van der Waals surface area contributed by atoms with Crippen LogP contribution in [0.2, 0.25) is 0 Å². The maximum atomic E-state index is 3.62. The molecule has 0 aliphatic rings. The van der Waals surface area contributed by atoms with Crippen LogP contribution in [0.1, 0.15) is 24.3 Å². The van der Waals surface area contributed by atoms with Crippen LogP contribution >= 0.6 is 27.3 Å². The Morgan fingerprint density at radius 2 is 2.10 bits per heavy atom. The number of aromatic nitrogens is 1. The zero-order valence-electron chi connectivity index (χ0n) is 12.3. The Kier molecular flexibility index (Phi) is 4.48. The summed E-state index contributed by atoms with van der Waals surface area (Å²) in [5.74, 6) is 0. The number of nitrogens with one attached hydrogen (secondary N) is 1. The molecule has 0 amide bonds. The monoisotopic (exact) mass is 362 g/mol. The molecule has 0 atom stereocenters. The fourth-order valence-electron chi connectivity index (χ4n) is 2.49. The highest BCUT2D eigenvalue weighted by molar-refractivity contribution is 9.10. The van der Waals surface area contributed by atoms with Gasteiger partial charge in [-0.2, -0.15) is 0 Å². The van der Waals surface area contributed by atoms with E-state index in [2.05, 4.69) is 81.6 Å². The lowest BCUT2D eigenvalue weighted by Gasteiger charge is -2.10. The van der Waals surface area contributed by atoms with E-state index in [0.29, 0.717) is 6.04 Å². The van der Waals surface area contributed by atoms with Gasteiger partial charge in [0.05, 0.1) is 6.54 Å². The van der Waals surface area contributed by atoms with Crippen molar-refractivity contribution in [2.45, 2.75) is 33.0 Å². The predicted octanol–water partition coefficient (Wildman–Crippen LogP) is 5.01. The second-order valence-electron chi connectivity index (χ2n) is 5.52. The number of rotatable bonds is 5. The lowest BCUT2D eigenvalue weighted by atomic mass is 10.1. The molecular weight excluding hydrogens is 344 g/mol. The summed E-state index contributed by atoms with van der Waals surface area (Å²) in [5, 5.41) is 6.98. The Morgan fingerprint density at radius 3 is 2.81 bits per heavy atom. The molecule has 0 saturated heterocycles. The van der Waals surface area contributed by atoms with Gasteiger partial charge in [-0.3, -0.25) is 0 Å². The molecule has 0 unspecified atom stereocenters. The Balaban J connectivity index is 1.91. The van der Waals surface area contributed by atoms with Crippen molar-refractivity contribution in [2.24, 2.45) is 0 Å². The number of nitrogens with zero attached hydrogens (tertiary/aromatic N) is 1. The largest absolute Gasteiger partial charge is 0.342 e. The summed E-state index contributed by atoms with van der Waals surface area (Å²) >= 11 is 5.41. The van der Waals surface area contributed by atoms with Gasteiger partial charge in [0.2, 0.25) is 0 Å². The van der Waals surface area contributed by atoms with Gasteiger partial charge in [0, 0.05) is 39.0 Å². The minimum Gasteiger partial charge on any atom is -0.342 e. The molecule has 4 heteroatoms. The van der Waals surface area contributed by atoms with E-state index >= 15 is 0 Å². The number of hydrogen-bond donors (Lipinski definition) is 1. The van der Waals surface area contributed by atoms with Crippen molar-refractivity contribution < 1.29 is 0 Å². The van der Waals surface area contributed by atoms with Crippen LogP contribution in [0.5, 0.6) is 0 Å². The molecule has 0 aliphatic heterocycles. The molecule has 0 aliphatic carbocycles.